The fourth-order valence-corrected chi connectivity index (χ4v) is 1.19. The summed E-state index contributed by atoms with van der Waals surface area (Å²) >= 11 is 0. The molecule has 0 heterocycles. The molecule has 0 aliphatic heterocycles. The van der Waals surface area contributed by atoms with Crippen molar-refractivity contribution >= 4 is 6.08 Å². The van der Waals surface area contributed by atoms with Crippen molar-refractivity contribution in [3.05, 3.63) is 41.6 Å². The van der Waals surface area contributed by atoms with E-state index in [1.54, 1.807) is 0 Å². The predicted octanol–water partition coefficient (Wildman–Crippen LogP) is 3.70. The van der Waals surface area contributed by atoms with Gasteiger partial charge in [0.1, 0.15) is 0 Å². The quantitative estimate of drug-likeness (QED) is 0.708. The van der Waals surface area contributed by atoms with Gasteiger partial charge < -0.3 is 4.90 Å². The zero-order valence-corrected chi connectivity index (χ0v) is 10.4. The largest absolute Gasteiger partial charge is 0.376 e. The monoisotopic (exact) mass is 203 g/mol. The van der Waals surface area contributed by atoms with Gasteiger partial charge in [-0.2, -0.15) is 0 Å². The van der Waals surface area contributed by atoms with Crippen LogP contribution < -0.4 is 0 Å². The lowest BCUT2D eigenvalue weighted by Gasteiger charge is -2.30. The summed E-state index contributed by atoms with van der Waals surface area (Å²) in [7, 11) is 2.11. The number of aryl methyl sites for hydroxylation is 1. The summed E-state index contributed by atoms with van der Waals surface area (Å²) in [6.45, 7) is 8.75. The Kier molecular flexibility index (Phi) is 3.57. The second kappa shape index (κ2) is 4.52. The summed E-state index contributed by atoms with van der Waals surface area (Å²) in [4.78, 5) is 2.22. The van der Waals surface area contributed by atoms with Crippen molar-refractivity contribution in [2.45, 2.75) is 33.2 Å². The van der Waals surface area contributed by atoms with Crippen LogP contribution in [0, 0.1) is 6.92 Å². The highest BCUT2D eigenvalue weighted by molar-refractivity contribution is 5.52. The normalized spacial score (nSPS) is 12.1. The maximum atomic E-state index is 2.22. The molecule has 0 amide bonds. The second-order valence-corrected chi connectivity index (χ2v) is 4.95. The van der Waals surface area contributed by atoms with Crippen molar-refractivity contribution in [2.75, 3.05) is 7.05 Å². The minimum absolute atomic E-state index is 0.180. The summed E-state index contributed by atoms with van der Waals surface area (Å²) < 4.78 is 0. The topological polar surface area (TPSA) is 3.24 Å². The Morgan fingerprint density at radius 3 is 2.27 bits per heavy atom. The Bertz CT molecular complexity index is 345. The fourth-order valence-electron chi connectivity index (χ4n) is 1.19. The van der Waals surface area contributed by atoms with Gasteiger partial charge in [-0.05, 0) is 51.1 Å². The molecule has 0 atom stereocenters. The van der Waals surface area contributed by atoms with Crippen LogP contribution in [-0.4, -0.2) is 17.5 Å². The van der Waals surface area contributed by atoms with Gasteiger partial charge in [0.25, 0.3) is 0 Å². The fraction of sp³-hybridized carbons (Fsp3) is 0.429. The lowest BCUT2D eigenvalue weighted by atomic mass is 10.1. The third-order valence-corrected chi connectivity index (χ3v) is 2.72. The van der Waals surface area contributed by atoms with Gasteiger partial charge in [0.15, 0.2) is 0 Å². The van der Waals surface area contributed by atoms with Crippen LogP contribution in [0.1, 0.15) is 31.9 Å². The molecule has 15 heavy (non-hydrogen) atoms. The van der Waals surface area contributed by atoms with E-state index >= 15 is 0 Å². The van der Waals surface area contributed by atoms with E-state index in [1.807, 2.05) is 0 Å². The standard InChI is InChI=1S/C14H21N/c1-12-8-6-7-9-13(12)10-11-15(5)14(2,3)4/h6-11H,1-5H3/b11-10-. The predicted molar refractivity (Wildman–Crippen MR) is 67.7 cm³/mol. The van der Waals surface area contributed by atoms with Crippen molar-refractivity contribution in [3.8, 4) is 0 Å². The van der Waals surface area contributed by atoms with Gasteiger partial charge in [-0.1, -0.05) is 24.3 Å². The van der Waals surface area contributed by atoms with Gasteiger partial charge in [0.2, 0.25) is 0 Å². The van der Waals surface area contributed by atoms with Gasteiger partial charge in [-0.15, -0.1) is 0 Å². The molecular formula is C14H21N. The molecule has 1 rings (SSSR count). The van der Waals surface area contributed by atoms with E-state index in [0.717, 1.165) is 0 Å². The molecule has 0 radical (unpaired) electrons. The van der Waals surface area contributed by atoms with Gasteiger partial charge in [-0.3, -0.25) is 0 Å². The molecule has 0 bridgehead atoms. The van der Waals surface area contributed by atoms with Crippen LogP contribution in [0.25, 0.3) is 6.08 Å². The molecule has 0 N–H and O–H groups in total. The Labute approximate surface area is 93.4 Å². The second-order valence-electron chi connectivity index (χ2n) is 4.95. The highest BCUT2D eigenvalue weighted by atomic mass is 15.1. The number of hydrogen-bond acceptors (Lipinski definition) is 1. The first-order chi connectivity index (χ1) is 6.91. The van der Waals surface area contributed by atoms with Gasteiger partial charge in [-0.25, -0.2) is 0 Å². The third-order valence-electron chi connectivity index (χ3n) is 2.72. The first kappa shape index (κ1) is 11.8. The van der Waals surface area contributed by atoms with Crippen LogP contribution in [0.2, 0.25) is 0 Å². The van der Waals surface area contributed by atoms with E-state index in [1.165, 1.54) is 11.1 Å². The molecule has 0 saturated carbocycles. The lowest BCUT2D eigenvalue weighted by molar-refractivity contribution is 0.251. The van der Waals surface area contributed by atoms with E-state index in [4.69, 9.17) is 0 Å². The molecular weight excluding hydrogens is 182 g/mol. The molecule has 1 aromatic carbocycles. The smallest absolute Gasteiger partial charge is 0.0309 e. The van der Waals surface area contributed by atoms with Crippen LogP contribution in [0.5, 0.6) is 0 Å². The van der Waals surface area contributed by atoms with Crippen LogP contribution >= 0.6 is 0 Å². The molecule has 0 aliphatic carbocycles. The van der Waals surface area contributed by atoms with Crippen LogP contribution in [0.15, 0.2) is 30.5 Å². The van der Waals surface area contributed by atoms with Crippen molar-refractivity contribution < 1.29 is 0 Å². The molecule has 0 unspecified atom stereocenters. The molecule has 0 saturated heterocycles. The Morgan fingerprint density at radius 1 is 1.13 bits per heavy atom. The average Bonchev–Trinajstić information content (AvgIpc) is 2.14. The molecule has 0 aliphatic rings. The highest BCUT2D eigenvalue weighted by Crippen LogP contribution is 2.14. The van der Waals surface area contributed by atoms with Crippen molar-refractivity contribution in [3.63, 3.8) is 0 Å². The van der Waals surface area contributed by atoms with E-state index in [2.05, 4.69) is 76.2 Å². The summed E-state index contributed by atoms with van der Waals surface area (Å²) in [6, 6.07) is 8.42. The Balaban J connectivity index is 2.79. The van der Waals surface area contributed by atoms with Gasteiger partial charge in [0.05, 0.1) is 0 Å². The molecule has 82 valence electrons. The first-order valence-corrected chi connectivity index (χ1v) is 5.38. The molecule has 0 fully saturated rings. The van der Waals surface area contributed by atoms with Crippen molar-refractivity contribution in [1.29, 1.82) is 0 Å². The summed E-state index contributed by atoms with van der Waals surface area (Å²) in [5, 5.41) is 0. The summed E-state index contributed by atoms with van der Waals surface area (Å²) in [5.74, 6) is 0. The Hall–Kier alpha value is -1.24. The minimum atomic E-state index is 0.180. The number of benzene rings is 1. The molecule has 1 nitrogen and oxygen atoms in total. The number of rotatable bonds is 2. The summed E-state index contributed by atoms with van der Waals surface area (Å²) in [5.41, 5.74) is 2.78. The minimum Gasteiger partial charge on any atom is -0.376 e. The van der Waals surface area contributed by atoms with Crippen LogP contribution in [-0.2, 0) is 0 Å². The van der Waals surface area contributed by atoms with Gasteiger partial charge >= 0.3 is 0 Å². The molecule has 0 spiro atoms. The van der Waals surface area contributed by atoms with Crippen molar-refractivity contribution in [1.82, 2.24) is 4.90 Å². The van der Waals surface area contributed by atoms with E-state index in [0.29, 0.717) is 0 Å². The zero-order chi connectivity index (χ0) is 11.5. The average molecular weight is 203 g/mol. The SMILES string of the molecule is Cc1ccccc1/C=C\N(C)C(C)(C)C. The van der Waals surface area contributed by atoms with E-state index in [9.17, 15) is 0 Å². The van der Waals surface area contributed by atoms with Gasteiger partial charge in [0, 0.05) is 12.6 Å². The van der Waals surface area contributed by atoms with Crippen LogP contribution in [0.4, 0.5) is 0 Å². The third kappa shape index (κ3) is 3.43. The maximum absolute atomic E-state index is 2.22. The maximum Gasteiger partial charge on any atom is 0.0309 e. The molecule has 1 heteroatoms. The summed E-state index contributed by atoms with van der Waals surface area (Å²) in [6.07, 6.45) is 4.31. The van der Waals surface area contributed by atoms with Crippen LogP contribution in [0.3, 0.4) is 0 Å². The number of nitrogens with zero attached hydrogens (tertiary/aromatic N) is 1. The van der Waals surface area contributed by atoms with Crippen molar-refractivity contribution in [2.24, 2.45) is 0 Å². The van der Waals surface area contributed by atoms with E-state index < -0.39 is 0 Å². The molecule has 1 aromatic rings. The van der Waals surface area contributed by atoms with E-state index in [-0.39, 0.29) is 5.54 Å². The highest BCUT2D eigenvalue weighted by Gasteiger charge is 2.12. The zero-order valence-electron chi connectivity index (χ0n) is 10.4. The number of hydrogen-bond donors (Lipinski definition) is 0. The molecule has 0 aromatic heterocycles. The first-order valence-electron chi connectivity index (χ1n) is 5.38. The Morgan fingerprint density at radius 2 is 1.73 bits per heavy atom. The lowest BCUT2D eigenvalue weighted by Crippen LogP contribution is -2.33.